The molecule has 0 aliphatic rings. The Kier molecular flexibility index (Phi) is 6.37. The topological polar surface area (TPSA) is 89.7 Å². The summed E-state index contributed by atoms with van der Waals surface area (Å²) in [7, 11) is -2.40. The summed E-state index contributed by atoms with van der Waals surface area (Å²) in [5.74, 6) is 4.90. The number of hydrogen-bond donors (Lipinski definition) is 1. The molecule has 6 nitrogen and oxygen atoms in total. The number of esters is 1. The Morgan fingerprint density at radius 2 is 1.95 bits per heavy atom. The van der Waals surface area contributed by atoms with E-state index in [-0.39, 0.29) is 24.6 Å². The molecule has 1 aromatic rings. The van der Waals surface area contributed by atoms with E-state index < -0.39 is 16.0 Å². The molecule has 0 saturated heterocycles. The summed E-state index contributed by atoms with van der Waals surface area (Å²) in [5.41, 5.74) is 5.94. The van der Waals surface area contributed by atoms with Crippen molar-refractivity contribution < 1.29 is 17.9 Å². The van der Waals surface area contributed by atoms with E-state index in [1.54, 1.807) is 19.1 Å². The van der Waals surface area contributed by atoms with E-state index in [0.29, 0.717) is 5.56 Å². The fourth-order valence-corrected chi connectivity index (χ4v) is 2.63. The van der Waals surface area contributed by atoms with Gasteiger partial charge in [0.05, 0.1) is 18.0 Å². The highest BCUT2D eigenvalue weighted by atomic mass is 32.2. The molecule has 0 unspecified atom stereocenters. The van der Waals surface area contributed by atoms with Crippen LogP contribution >= 0.6 is 0 Å². The van der Waals surface area contributed by atoms with E-state index in [2.05, 4.69) is 11.8 Å². The standard InChI is InChI=1S/C14H18N2O4S/c1-3-20-14(17)11-16(2)21(18,19)13-8-6-12(7-9-13)5-4-10-15/h6-9H,3,10-11,15H2,1-2H3. The predicted molar refractivity (Wildman–Crippen MR) is 78.8 cm³/mol. The Balaban J connectivity index is 2.89. The van der Waals surface area contributed by atoms with Crippen LogP contribution in [0.1, 0.15) is 12.5 Å². The van der Waals surface area contributed by atoms with Gasteiger partial charge in [0.25, 0.3) is 0 Å². The molecule has 0 saturated carbocycles. The minimum Gasteiger partial charge on any atom is -0.465 e. The van der Waals surface area contributed by atoms with Gasteiger partial charge in [-0.3, -0.25) is 4.79 Å². The van der Waals surface area contributed by atoms with Crippen LogP contribution in [0.2, 0.25) is 0 Å². The Morgan fingerprint density at radius 1 is 1.33 bits per heavy atom. The Hall–Kier alpha value is -1.88. The average Bonchev–Trinajstić information content (AvgIpc) is 2.45. The van der Waals surface area contributed by atoms with Gasteiger partial charge < -0.3 is 10.5 Å². The summed E-state index contributed by atoms with van der Waals surface area (Å²) >= 11 is 0. The molecule has 7 heteroatoms. The van der Waals surface area contributed by atoms with Crippen LogP contribution in [0.15, 0.2) is 29.2 Å². The fourth-order valence-electron chi connectivity index (χ4n) is 1.52. The fraction of sp³-hybridized carbons (Fsp3) is 0.357. The van der Waals surface area contributed by atoms with Gasteiger partial charge in [0.1, 0.15) is 6.54 Å². The van der Waals surface area contributed by atoms with Gasteiger partial charge >= 0.3 is 5.97 Å². The third-order valence-corrected chi connectivity index (χ3v) is 4.37. The lowest BCUT2D eigenvalue weighted by Crippen LogP contribution is -2.33. The molecule has 1 aromatic carbocycles. The maximum absolute atomic E-state index is 12.3. The van der Waals surface area contributed by atoms with Gasteiger partial charge in [0.15, 0.2) is 0 Å². The van der Waals surface area contributed by atoms with E-state index in [1.807, 2.05) is 0 Å². The minimum absolute atomic E-state index is 0.0904. The molecule has 0 aliphatic heterocycles. The van der Waals surface area contributed by atoms with Crippen molar-refractivity contribution >= 4 is 16.0 Å². The Bertz CT molecular complexity index is 642. The third-order valence-electron chi connectivity index (χ3n) is 2.55. The van der Waals surface area contributed by atoms with Gasteiger partial charge in [-0.15, -0.1) is 0 Å². The van der Waals surface area contributed by atoms with Crippen molar-refractivity contribution in [3.8, 4) is 11.8 Å². The lowest BCUT2D eigenvalue weighted by Gasteiger charge is -2.16. The van der Waals surface area contributed by atoms with Crippen LogP contribution in [0.25, 0.3) is 0 Å². The molecule has 0 fully saturated rings. The van der Waals surface area contributed by atoms with Crippen LogP contribution in [0.4, 0.5) is 0 Å². The normalized spacial score (nSPS) is 10.9. The average molecular weight is 310 g/mol. The Labute approximate surface area is 124 Å². The van der Waals surface area contributed by atoms with Gasteiger partial charge in [0, 0.05) is 12.6 Å². The van der Waals surface area contributed by atoms with Crippen molar-refractivity contribution in [1.82, 2.24) is 4.31 Å². The molecular weight excluding hydrogens is 292 g/mol. The summed E-state index contributed by atoms with van der Waals surface area (Å²) in [6, 6.07) is 6.07. The van der Waals surface area contributed by atoms with Crippen molar-refractivity contribution in [3.05, 3.63) is 29.8 Å². The predicted octanol–water partition coefficient (Wildman–Crippen LogP) is 0.180. The van der Waals surface area contributed by atoms with Crippen molar-refractivity contribution in [2.75, 3.05) is 26.7 Å². The zero-order valence-corrected chi connectivity index (χ0v) is 12.8. The number of nitrogens with zero attached hydrogens (tertiary/aromatic N) is 1. The van der Waals surface area contributed by atoms with Crippen molar-refractivity contribution in [2.45, 2.75) is 11.8 Å². The number of carbonyl (C=O) groups is 1. The van der Waals surface area contributed by atoms with Crippen molar-refractivity contribution in [3.63, 3.8) is 0 Å². The zero-order valence-electron chi connectivity index (χ0n) is 12.0. The van der Waals surface area contributed by atoms with Crippen LogP contribution < -0.4 is 5.73 Å². The molecule has 0 heterocycles. The molecule has 21 heavy (non-hydrogen) atoms. The number of rotatable bonds is 5. The van der Waals surface area contributed by atoms with Crippen LogP contribution in [-0.4, -0.2) is 45.4 Å². The zero-order chi connectivity index (χ0) is 15.9. The maximum Gasteiger partial charge on any atom is 0.321 e. The molecule has 0 spiro atoms. The molecule has 0 bridgehead atoms. The van der Waals surface area contributed by atoms with E-state index >= 15 is 0 Å². The first-order chi connectivity index (χ1) is 9.91. The van der Waals surface area contributed by atoms with Gasteiger partial charge in [0.2, 0.25) is 10.0 Å². The summed E-state index contributed by atoms with van der Waals surface area (Å²) < 4.78 is 30.2. The van der Waals surface area contributed by atoms with Gasteiger partial charge in [-0.25, -0.2) is 8.42 Å². The van der Waals surface area contributed by atoms with E-state index in [0.717, 1.165) is 4.31 Å². The number of nitrogens with two attached hydrogens (primary N) is 1. The minimum atomic E-state index is -3.73. The van der Waals surface area contributed by atoms with E-state index in [9.17, 15) is 13.2 Å². The first-order valence-corrected chi connectivity index (χ1v) is 7.76. The highest BCUT2D eigenvalue weighted by Gasteiger charge is 2.23. The smallest absolute Gasteiger partial charge is 0.321 e. The first kappa shape index (κ1) is 17.2. The quantitative estimate of drug-likeness (QED) is 0.619. The molecule has 0 amide bonds. The second kappa shape index (κ2) is 7.78. The lowest BCUT2D eigenvalue weighted by atomic mass is 10.2. The molecule has 114 valence electrons. The largest absolute Gasteiger partial charge is 0.465 e. The van der Waals surface area contributed by atoms with Gasteiger partial charge in [-0.05, 0) is 31.2 Å². The molecule has 2 N–H and O–H groups in total. The lowest BCUT2D eigenvalue weighted by molar-refractivity contribution is -0.143. The van der Waals surface area contributed by atoms with Gasteiger partial charge in [-0.2, -0.15) is 4.31 Å². The molecule has 0 radical (unpaired) electrons. The third kappa shape index (κ3) is 4.86. The van der Waals surface area contributed by atoms with E-state index in [1.165, 1.54) is 19.2 Å². The van der Waals surface area contributed by atoms with Crippen molar-refractivity contribution in [2.24, 2.45) is 5.73 Å². The highest BCUT2D eigenvalue weighted by Crippen LogP contribution is 2.14. The molecule has 1 rings (SSSR count). The first-order valence-electron chi connectivity index (χ1n) is 6.32. The second-order valence-corrected chi connectivity index (χ2v) is 6.14. The number of benzene rings is 1. The summed E-state index contributed by atoms with van der Waals surface area (Å²) in [4.78, 5) is 11.4. The number of ether oxygens (including phenoxy) is 1. The van der Waals surface area contributed by atoms with E-state index in [4.69, 9.17) is 10.5 Å². The number of hydrogen-bond acceptors (Lipinski definition) is 5. The Morgan fingerprint density at radius 3 is 2.48 bits per heavy atom. The van der Waals surface area contributed by atoms with Crippen LogP contribution in [0.3, 0.4) is 0 Å². The maximum atomic E-state index is 12.3. The number of sulfonamides is 1. The van der Waals surface area contributed by atoms with Crippen molar-refractivity contribution in [1.29, 1.82) is 0 Å². The summed E-state index contributed by atoms with van der Waals surface area (Å²) in [6.07, 6.45) is 0. The highest BCUT2D eigenvalue weighted by molar-refractivity contribution is 7.89. The molecule has 0 aliphatic carbocycles. The van der Waals surface area contributed by atoms with Crippen LogP contribution in [-0.2, 0) is 19.6 Å². The number of likely N-dealkylation sites (N-methyl/N-ethyl adjacent to an activating group) is 1. The monoisotopic (exact) mass is 310 g/mol. The summed E-state index contributed by atoms with van der Waals surface area (Å²) in [5, 5.41) is 0. The number of carbonyl (C=O) groups excluding carboxylic acids is 1. The van der Waals surface area contributed by atoms with Crippen LogP contribution in [0, 0.1) is 11.8 Å². The molecule has 0 atom stereocenters. The molecular formula is C14H18N2O4S. The SMILES string of the molecule is CCOC(=O)CN(C)S(=O)(=O)c1ccc(C#CCN)cc1. The summed E-state index contributed by atoms with van der Waals surface area (Å²) in [6.45, 7) is 1.78. The van der Waals surface area contributed by atoms with Crippen LogP contribution in [0.5, 0.6) is 0 Å². The second-order valence-electron chi connectivity index (χ2n) is 4.10. The molecule has 0 aromatic heterocycles. The van der Waals surface area contributed by atoms with Gasteiger partial charge in [-0.1, -0.05) is 11.8 Å².